The number of hydrogen-bond donors (Lipinski definition) is 1. The zero-order valence-corrected chi connectivity index (χ0v) is 14.1. The van der Waals surface area contributed by atoms with E-state index in [1.165, 1.54) is 11.8 Å². The third kappa shape index (κ3) is 5.13. The van der Waals surface area contributed by atoms with E-state index >= 15 is 0 Å². The van der Waals surface area contributed by atoms with E-state index in [2.05, 4.69) is 32.8 Å². The standard InChI is InChI=1S/C18H25FN4/c1-4-20-18(23(3)14-17-9-6-12-22(17)2)21-11-10-15-7-5-8-16(19)13-15/h5-9,12-13H,4,10-11,14H2,1-3H3,(H,20,21). The van der Waals surface area contributed by atoms with Crippen LogP contribution in [0, 0.1) is 5.82 Å². The van der Waals surface area contributed by atoms with Gasteiger partial charge in [-0.15, -0.1) is 0 Å². The van der Waals surface area contributed by atoms with E-state index in [0.717, 1.165) is 31.0 Å². The van der Waals surface area contributed by atoms with Crippen LogP contribution in [-0.4, -0.2) is 35.6 Å². The first-order valence-electron chi connectivity index (χ1n) is 7.94. The third-order valence-electron chi connectivity index (χ3n) is 3.70. The Bertz CT molecular complexity index is 648. The van der Waals surface area contributed by atoms with Gasteiger partial charge in [0, 0.05) is 39.1 Å². The summed E-state index contributed by atoms with van der Waals surface area (Å²) in [5, 5.41) is 3.30. The summed E-state index contributed by atoms with van der Waals surface area (Å²) in [5.74, 6) is 0.671. The minimum absolute atomic E-state index is 0.195. The lowest BCUT2D eigenvalue weighted by Gasteiger charge is -2.22. The molecule has 0 unspecified atom stereocenters. The molecule has 0 saturated heterocycles. The van der Waals surface area contributed by atoms with Crippen molar-refractivity contribution < 1.29 is 4.39 Å². The molecule has 0 radical (unpaired) electrons. The Balaban J connectivity index is 1.97. The molecule has 2 aromatic rings. The Morgan fingerprint density at radius 2 is 2.13 bits per heavy atom. The number of aryl methyl sites for hydroxylation is 1. The maximum atomic E-state index is 13.2. The van der Waals surface area contributed by atoms with Crippen molar-refractivity contribution >= 4 is 5.96 Å². The Hall–Kier alpha value is -2.30. The fourth-order valence-electron chi connectivity index (χ4n) is 2.43. The molecule has 0 fully saturated rings. The number of nitrogens with zero attached hydrogens (tertiary/aromatic N) is 3. The second-order valence-corrected chi connectivity index (χ2v) is 5.58. The predicted molar refractivity (Wildman–Crippen MR) is 93.0 cm³/mol. The lowest BCUT2D eigenvalue weighted by Crippen LogP contribution is -2.39. The van der Waals surface area contributed by atoms with Crippen molar-refractivity contribution in [3.05, 3.63) is 59.7 Å². The minimum Gasteiger partial charge on any atom is -0.357 e. The van der Waals surface area contributed by atoms with Crippen LogP contribution >= 0.6 is 0 Å². The summed E-state index contributed by atoms with van der Waals surface area (Å²) in [4.78, 5) is 6.75. The van der Waals surface area contributed by atoms with E-state index in [1.54, 1.807) is 12.1 Å². The number of benzene rings is 1. The molecule has 0 atom stereocenters. The lowest BCUT2D eigenvalue weighted by molar-refractivity contribution is 0.462. The number of aliphatic imine (C=N–C) groups is 1. The van der Waals surface area contributed by atoms with Crippen LogP contribution in [0.2, 0.25) is 0 Å². The number of halogens is 1. The van der Waals surface area contributed by atoms with Crippen LogP contribution in [0.5, 0.6) is 0 Å². The minimum atomic E-state index is -0.195. The Morgan fingerprint density at radius 3 is 2.78 bits per heavy atom. The summed E-state index contributed by atoms with van der Waals surface area (Å²) >= 11 is 0. The SMILES string of the molecule is CCNC(=NCCc1cccc(F)c1)N(C)Cc1cccn1C. The third-order valence-corrected chi connectivity index (χ3v) is 3.70. The van der Waals surface area contributed by atoms with Gasteiger partial charge in [0.2, 0.25) is 0 Å². The normalized spacial score (nSPS) is 11.6. The molecule has 5 heteroatoms. The van der Waals surface area contributed by atoms with E-state index in [9.17, 15) is 4.39 Å². The topological polar surface area (TPSA) is 32.6 Å². The van der Waals surface area contributed by atoms with Crippen LogP contribution in [0.4, 0.5) is 4.39 Å². The molecule has 0 aliphatic heterocycles. The van der Waals surface area contributed by atoms with Gasteiger partial charge < -0.3 is 14.8 Å². The zero-order valence-electron chi connectivity index (χ0n) is 14.1. The van der Waals surface area contributed by atoms with Gasteiger partial charge in [0.05, 0.1) is 6.54 Å². The quantitative estimate of drug-likeness (QED) is 0.656. The smallest absolute Gasteiger partial charge is 0.194 e. The zero-order chi connectivity index (χ0) is 16.7. The molecule has 124 valence electrons. The van der Waals surface area contributed by atoms with Crippen molar-refractivity contribution in [3.63, 3.8) is 0 Å². The summed E-state index contributed by atoms with van der Waals surface area (Å²) in [5.41, 5.74) is 2.19. The number of guanidine groups is 1. The van der Waals surface area contributed by atoms with Crippen molar-refractivity contribution in [2.75, 3.05) is 20.1 Å². The van der Waals surface area contributed by atoms with Gasteiger partial charge in [0.1, 0.15) is 5.82 Å². The highest BCUT2D eigenvalue weighted by Gasteiger charge is 2.08. The average Bonchev–Trinajstić information content (AvgIpc) is 2.91. The predicted octanol–water partition coefficient (Wildman–Crippen LogP) is 2.80. The summed E-state index contributed by atoms with van der Waals surface area (Å²) in [7, 11) is 4.06. The number of aromatic nitrogens is 1. The van der Waals surface area contributed by atoms with E-state index < -0.39 is 0 Å². The highest BCUT2D eigenvalue weighted by molar-refractivity contribution is 5.79. The molecule has 0 bridgehead atoms. The number of hydrogen-bond acceptors (Lipinski definition) is 1. The van der Waals surface area contributed by atoms with Crippen LogP contribution in [0.15, 0.2) is 47.6 Å². The first kappa shape index (κ1) is 17.1. The van der Waals surface area contributed by atoms with Gasteiger partial charge in [0.15, 0.2) is 5.96 Å². The van der Waals surface area contributed by atoms with Gasteiger partial charge in [-0.05, 0) is 43.2 Å². The van der Waals surface area contributed by atoms with Crippen molar-refractivity contribution in [1.82, 2.24) is 14.8 Å². The molecule has 0 amide bonds. The van der Waals surface area contributed by atoms with Gasteiger partial charge in [-0.25, -0.2) is 4.39 Å². The van der Waals surface area contributed by atoms with Crippen LogP contribution in [0.25, 0.3) is 0 Å². The molecule has 1 N–H and O–H groups in total. The fourth-order valence-corrected chi connectivity index (χ4v) is 2.43. The maximum Gasteiger partial charge on any atom is 0.194 e. The number of nitrogens with one attached hydrogen (secondary N) is 1. The Labute approximate surface area is 137 Å². The van der Waals surface area contributed by atoms with Crippen LogP contribution < -0.4 is 5.32 Å². The molecular formula is C18H25FN4. The molecule has 1 heterocycles. The summed E-state index contributed by atoms with van der Waals surface area (Å²) < 4.78 is 15.3. The van der Waals surface area contributed by atoms with Gasteiger partial charge in [-0.2, -0.15) is 0 Å². The fraction of sp³-hybridized carbons (Fsp3) is 0.389. The molecule has 1 aromatic heterocycles. The van der Waals surface area contributed by atoms with Crippen LogP contribution in [-0.2, 0) is 20.0 Å². The molecule has 0 spiro atoms. The molecular weight excluding hydrogens is 291 g/mol. The average molecular weight is 316 g/mol. The van der Waals surface area contributed by atoms with E-state index in [4.69, 9.17) is 0 Å². The maximum absolute atomic E-state index is 13.2. The number of rotatable bonds is 6. The first-order valence-corrected chi connectivity index (χ1v) is 7.94. The largest absolute Gasteiger partial charge is 0.357 e. The highest BCUT2D eigenvalue weighted by Crippen LogP contribution is 2.06. The Morgan fingerprint density at radius 1 is 1.30 bits per heavy atom. The van der Waals surface area contributed by atoms with Crippen molar-refractivity contribution in [2.45, 2.75) is 19.9 Å². The molecule has 4 nitrogen and oxygen atoms in total. The monoisotopic (exact) mass is 316 g/mol. The molecule has 0 saturated carbocycles. The van der Waals surface area contributed by atoms with Crippen LogP contribution in [0.3, 0.4) is 0 Å². The molecule has 23 heavy (non-hydrogen) atoms. The lowest BCUT2D eigenvalue weighted by atomic mass is 10.1. The highest BCUT2D eigenvalue weighted by atomic mass is 19.1. The second kappa shape index (κ2) is 8.36. The second-order valence-electron chi connectivity index (χ2n) is 5.58. The van der Waals surface area contributed by atoms with Crippen molar-refractivity contribution in [1.29, 1.82) is 0 Å². The van der Waals surface area contributed by atoms with E-state index in [0.29, 0.717) is 6.54 Å². The van der Waals surface area contributed by atoms with Gasteiger partial charge in [-0.1, -0.05) is 12.1 Å². The molecule has 0 aliphatic carbocycles. The van der Waals surface area contributed by atoms with Gasteiger partial charge in [0.25, 0.3) is 0 Å². The summed E-state index contributed by atoms with van der Waals surface area (Å²) in [6, 6.07) is 10.8. The molecule has 2 rings (SSSR count). The first-order chi connectivity index (χ1) is 11.1. The van der Waals surface area contributed by atoms with Gasteiger partial charge >= 0.3 is 0 Å². The van der Waals surface area contributed by atoms with Crippen LogP contribution in [0.1, 0.15) is 18.2 Å². The van der Waals surface area contributed by atoms with E-state index in [1.807, 2.05) is 32.4 Å². The van der Waals surface area contributed by atoms with Crippen molar-refractivity contribution in [3.8, 4) is 0 Å². The Kier molecular flexibility index (Phi) is 6.20. The van der Waals surface area contributed by atoms with Crippen molar-refractivity contribution in [2.24, 2.45) is 12.0 Å². The van der Waals surface area contributed by atoms with Gasteiger partial charge in [-0.3, -0.25) is 4.99 Å². The molecule has 0 aliphatic rings. The molecule has 1 aromatic carbocycles. The summed E-state index contributed by atoms with van der Waals surface area (Å²) in [6.07, 6.45) is 2.77. The van der Waals surface area contributed by atoms with E-state index in [-0.39, 0.29) is 5.82 Å². The summed E-state index contributed by atoms with van der Waals surface area (Å²) in [6.45, 7) is 4.29.